The number of carbonyl (C=O) groups excluding carboxylic acids is 1. The van der Waals surface area contributed by atoms with Crippen molar-refractivity contribution in [3.63, 3.8) is 0 Å². The lowest BCUT2D eigenvalue weighted by atomic mass is 10.2. The van der Waals surface area contributed by atoms with Crippen LogP contribution in [-0.2, 0) is 10.0 Å². The molecule has 0 aliphatic heterocycles. The minimum absolute atomic E-state index is 0.0239. The van der Waals surface area contributed by atoms with Crippen molar-refractivity contribution < 1.29 is 26.7 Å². The molecular formula is C18H18F2N4O4S. The molecule has 0 fully saturated rings. The number of amides is 1. The molecule has 2 aromatic carbocycles. The predicted molar refractivity (Wildman–Crippen MR) is 103 cm³/mol. The van der Waals surface area contributed by atoms with E-state index in [-0.39, 0.29) is 27.4 Å². The lowest BCUT2D eigenvalue weighted by molar-refractivity contribution is 0.102. The monoisotopic (exact) mass is 424 g/mol. The van der Waals surface area contributed by atoms with E-state index in [0.29, 0.717) is 5.52 Å². The van der Waals surface area contributed by atoms with Crippen molar-refractivity contribution in [2.24, 2.45) is 0 Å². The van der Waals surface area contributed by atoms with Crippen LogP contribution in [0.2, 0.25) is 0 Å². The average Bonchev–Trinajstić information content (AvgIpc) is 3.11. The van der Waals surface area contributed by atoms with Gasteiger partial charge >= 0.3 is 0 Å². The zero-order valence-corrected chi connectivity index (χ0v) is 16.5. The number of H-pyrrole nitrogens is 1. The van der Waals surface area contributed by atoms with Gasteiger partial charge in [-0.25, -0.2) is 26.5 Å². The number of sulfonamides is 1. The Labute approximate surface area is 165 Å². The minimum atomic E-state index is -3.72. The van der Waals surface area contributed by atoms with E-state index < -0.39 is 28.2 Å². The van der Waals surface area contributed by atoms with Crippen LogP contribution >= 0.6 is 0 Å². The maximum atomic E-state index is 12.8. The van der Waals surface area contributed by atoms with E-state index in [9.17, 15) is 22.0 Å². The molecule has 0 radical (unpaired) electrons. The van der Waals surface area contributed by atoms with E-state index >= 15 is 0 Å². The first kappa shape index (κ1) is 20.7. The molecule has 0 unspecified atom stereocenters. The molecule has 3 aromatic rings. The van der Waals surface area contributed by atoms with Crippen molar-refractivity contribution in [3.05, 3.63) is 47.8 Å². The molecule has 1 amide bonds. The molecule has 11 heteroatoms. The van der Waals surface area contributed by atoms with Gasteiger partial charge in [0.05, 0.1) is 28.7 Å². The van der Waals surface area contributed by atoms with Crippen LogP contribution in [0.3, 0.4) is 0 Å². The molecule has 8 nitrogen and oxygen atoms in total. The van der Waals surface area contributed by atoms with Crippen molar-refractivity contribution in [1.82, 2.24) is 14.3 Å². The van der Waals surface area contributed by atoms with Gasteiger partial charge in [-0.2, -0.15) is 0 Å². The third-order valence-electron chi connectivity index (χ3n) is 4.17. The first-order chi connectivity index (χ1) is 13.6. The number of imidazole rings is 1. The molecule has 0 aliphatic rings. The molecular weight excluding hydrogens is 406 g/mol. The number of carbonyl (C=O) groups is 1. The maximum absolute atomic E-state index is 12.8. The number of hydrogen-bond acceptors (Lipinski definition) is 5. The van der Waals surface area contributed by atoms with Crippen LogP contribution in [-0.4, -0.2) is 49.8 Å². The maximum Gasteiger partial charge on any atom is 0.295 e. The summed E-state index contributed by atoms with van der Waals surface area (Å²) in [5, 5.41) is 2.59. The fraction of sp³-hybridized carbons (Fsp3) is 0.222. The highest BCUT2D eigenvalue weighted by Crippen LogP contribution is 2.29. The summed E-state index contributed by atoms with van der Waals surface area (Å²) in [5.41, 5.74) is 0.903. The Kier molecular flexibility index (Phi) is 5.53. The number of anilines is 1. The lowest BCUT2D eigenvalue weighted by Gasteiger charge is -2.15. The van der Waals surface area contributed by atoms with Gasteiger partial charge in [-0.15, -0.1) is 0 Å². The smallest absolute Gasteiger partial charge is 0.295 e. The Morgan fingerprint density at radius 1 is 1.21 bits per heavy atom. The van der Waals surface area contributed by atoms with E-state index in [2.05, 4.69) is 15.3 Å². The topological polar surface area (TPSA) is 104 Å². The van der Waals surface area contributed by atoms with Crippen LogP contribution in [0.1, 0.15) is 22.6 Å². The zero-order chi connectivity index (χ0) is 21.3. The number of benzene rings is 2. The second-order valence-corrected chi connectivity index (χ2v) is 8.41. The van der Waals surface area contributed by atoms with E-state index in [1.165, 1.54) is 57.6 Å². The van der Waals surface area contributed by atoms with Crippen LogP contribution in [0.15, 0.2) is 41.3 Å². The van der Waals surface area contributed by atoms with E-state index in [0.717, 1.165) is 4.31 Å². The van der Waals surface area contributed by atoms with E-state index in [1.807, 2.05) is 0 Å². The number of nitrogens with zero attached hydrogens (tertiary/aromatic N) is 2. The predicted octanol–water partition coefficient (Wildman–Crippen LogP) is 3.01. The molecule has 29 heavy (non-hydrogen) atoms. The van der Waals surface area contributed by atoms with Gasteiger partial charge < -0.3 is 15.0 Å². The number of methoxy groups -OCH3 is 1. The number of halogens is 2. The molecule has 3 rings (SSSR count). The molecule has 0 bridgehead atoms. The van der Waals surface area contributed by atoms with Gasteiger partial charge in [0.25, 0.3) is 12.3 Å². The highest BCUT2D eigenvalue weighted by atomic mass is 32.2. The Morgan fingerprint density at radius 2 is 1.93 bits per heavy atom. The molecule has 154 valence electrons. The Hall–Kier alpha value is -3.05. The van der Waals surface area contributed by atoms with Gasteiger partial charge in [0.1, 0.15) is 5.75 Å². The summed E-state index contributed by atoms with van der Waals surface area (Å²) in [5.74, 6) is -0.794. The Morgan fingerprint density at radius 3 is 2.55 bits per heavy atom. The summed E-state index contributed by atoms with van der Waals surface area (Å²) in [6.45, 7) is 0. The van der Waals surface area contributed by atoms with Crippen molar-refractivity contribution in [3.8, 4) is 5.75 Å². The molecule has 0 saturated heterocycles. The molecule has 1 aromatic heterocycles. The van der Waals surface area contributed by atoms with Crippen molar-refractivity contribution in [2.75, 3.05) is 26.5 Å². The lowest BCUT2D eigenvalue weighted by Crippen LogP contribution is -2.22. The molecule has 2 N–H and O–H groups in total. The molecule has 1 heterocycles. The zero-order valence-electron chi connectivity index (χ0n) is 15.7. The number of aromatic amines is 1. The highest BCUT2D eigenvalue weighted by Gasteiger charge is 2.20. The third-order valence-corrected chi connectivity index (χ3v) is 5.98. The fourth-order valence-corrected chi connectivity index (χ4v) is 3.55. The average molecular weight is 424 g/mol. The summed E-state index contributed by atoms with van der Waals surface area (Å²) in [6, 6.07) is 8.34. The van der Waals surface area contributed by atoms with Gasteiger partial charge in [-0.1, -0.05) is 0 Å². The van der Waals surface area contributed by atoms with Crippen LogP contribution < -0.4 is 10.1 Å². The number of nitrogens with one attached hydrogen (secondary N) is 2. The Bertz CT molecular complexity index is 1180. The number of rotatable bonds is 6. The molecule has 0 saturated carbocycles. The standard InChI is InChI=1S/C18H18F2N4O4S/c1-24(2)29(26,27)11-5-7-15(28-3)14(9-11)23-18(25)10-4-6-12-13(8-10)22-17(21-12)16(19)20/h4-9,16H,1-3H3,(H,21,22)(H,23,25). The summed E-state index contributed by atoms with van der Waals surface area (Å²) in [6.07, 6.45) is -2.76. The number of hydrogen-bond donors (Lipinski definition) is 2. The molecule has 0 spiro atoms. The van der Waals surface area contributed by atoms with E-state index in [1.54, 1.807) is 0 Å². The number of alkyl halides is 2. The normalized spacial score (nSPS) is 12.0. The van der Waals surface area contributed by atoms with Crippen LogP contribution in [0.4, 0.5) is 14.5 Å². The van der Waals surface area contributed by atoms with Gasteiger partial charge in [0.15, 0.2) is 5.82 Å². The molecule has 0 aliphatic carbocycles. The van der Waals surface area contributed by atoms with Gasteiger partial charge in [0, 0.05) is 19.7 Å². The van der Waals surface area contributed by atoms with Crippen molar-refractivity contribution in [2.45, 2.75) is 11.3 Å². The number of fused-ring (bicyclic) bond motifs is 1. The number of ether oxygens (including phenoxy) is 1. The summed E-state index contributed by atoms with van der Waals surface area (Å²) < 4.78 is 56.5. The van der Waals surface area contributed by atoms with Crippen LogP contribution in [0.25, 0.3) is 11.0 Å². The third kappa shape index (κ3) is 4.05. The van der Waals surface area contributed by atoms with Gasteiger partial charge in [-0.05, 0) is 36.4 Å². The van der Waals surface area contributed by atoms with Gasteiger partial charge in [-0.3, -0.25) is 4.79 Å². The molecule has 0 atom stereocenters. The first-order valence-electron chi connectivity index (χ1n) is 8.33. The second-order valence-electron chi connectivity index (χ2n) is 6.26. The fourth-order valence-electron chi connectivity index (χ4n) is 2.62. The summed E-state index contributed by atoms with van der Waals surface area (Å²) in [4.78, 5) is 18.8. The first-order valence-corrected chi connectivity index (χ1v) is 9.77. The highest BCUT2D eigenvalue weighted by molar-refractivity contribution is 7.89. The summed E-state index contributed by atoms with van der Waals surface area (Å²) >= 11 is 0. The minimum Gasteiger partial charge on any atom is -0.495 e. The summed E-state index contributed by atoms with van der Waals surface area (Å²) in [7, 11) is 0.454. The van der Waals surface area contributed by atoms with Crippen LogP contribution in [0.5, 0.6) is 5.75 Å². The van der Waals surface area contributed by atoms with Crippen molar-refractivity contribution in [1.29, 1.82) is 0 Å². The largest absolute Gasteiger partial charge is 0.495 e. The Balaban J connectivity index is 1.94. The van der Waals surface area contributed by atoms with Gasteiger partial charge in [0.2, 0.25) is 10.0 Å². The quantitative estimate of drug-likeness (QED) is 0.633. The van der Waals surface area contributed by atoms with Crippen LogP contribution in [0, 0.1) is 0 Å². The second kappa shape index (κ2) is 7.76. The van der Waals surface area contributed by atoms with Crippen molar-refractivity contribution >= 4 is 32.7 Å². The number of aromatic nitrogens is 2. The van der Waals surface area contributed by atoms with E-state index in [4.69, 9.17) is 4.74 Å². The SMILES string of the molecule is COc1ccc(S(=O)(=O)N(C)C)cc1NC(=O)c1ccc2nc(C(F)F)[nH]c2c1.